The summed E-state index contributed by atoms with van der Waals surface area (Å²) in [5, 5.41) is 8.15. The fourth-order valence-electron chi connectivity index (χ4n) is 0.934. The lowest BCUT2D eigenvalue weighted by molar-refractivity contribution is 1.55. The molecule has 0 aliphatic heterocycles. The average molecular weight is 401 g/mol. The molecule has 0 aromatic heterocycles. The van der Waals surface area contributed by atoms with Crippen LogP contribution in [0.3, 0.4) is 0 Å². The molecule has 0 aromatic rings. The van der Waals surface area contributed by atoms with Crippen LogP contribution in [0.4, 0.5) is 0 Å². The maximum absolute atomic E-state index is 8.15. The predicted octanol–water partition coefficient (Wildman–Crippen LogP) is 0.581. The van der Waals surface area contributed by atoms with Gasteiger partial charge in [0.2, 0.25) is 0 Å². The first-order chi connectivity index (χ1) is 16.4. The first-order valence-corrected chi connectivity index (χ1v) is 8.22. The molecule has 0 radical (unpaired) electrons. The minimum absolute atomic E-state index is 1.63. The van der Waals surface area contributed by atoms with Crippen molar-refractivity contribution in [1.29, 1.82) is 5.26 Å². The number of hydrogen-bond donors (Lipinski definition) is 0. The third-order valence-electron chi connectivity index (χ3n) is 1.93. The van der Waals surface area contributed by atoms with Gasteiger partial charge < -0.3 is 0 Å². The van der Waals surface area contributed by atoms with Gasteiger partial charge >= 0.3 is 0 Å². The summed E-state index contributed by atoms with van der Waals surface area (Å²) in [5.74, 6) is 74.0. The molecule has 0 amide bonds. The van der Waals surface area contributed by atoms with Crippen LogP contribution in [0.25, 0.3) is 0 Å². The summed E-state index contributed by atoms with van der Waals surface area (Å²) >= 11 is 0. The predicted molar refractivity (Wildman–Crippen MR) is 128 cm³/mol. The molecule has 0 fully saturated rings. The topological polar surface area (TPSA) is 23.8 Å². The van der Waals surface area contributed by atoms with E-state index >= 15 is 0 Å². The highest BCUT2D eigenvalue weighted by Gasteiger charge is 1.60. The van der Waals surface area contributed by atoms with Crippen molar-refractivity contribution in [2.24, 2.45) is 0 Å². The Kier molecular flexibility index (Phi) is 19.5. The summed E-state index contributed by atoms with van der Waals surface area (Å²) in [6, 6.07) is 1.63. The summed E-state index contributed by atoms with van der Waals surface area (Å²) in [6.45, 7) is 1.69. The third-order valence-corrected chi connectivity index (χ3v) is 1.93. The van der Waals surface area contributed by atoms with E-state index in [4.69, 9.17) is 5.26 Å². The zero-order chi connectivity index (χ0) is 23.9. The van der Waals surface area contributed by atoms with Crippen molar-refractivity contribution in [3.63, 3.8) is 0 Å². The first kappa shape index (κ1) is 25.9. The highest BCUT2D eigenvalue weighted by molar-refractivity contribution is 5.48. The smallest absolute Gasteiger partial charge is 0.153 e. The van der Waals surface area contributed by atoms with Gasteiger partial charge in [0.1, 0.15) is 0 Å². The van der Waals surface area contributed by atoms with Crippen LogP contribution < -0.4 is 0 Å². The second-order valence-corrected chi connectivity index (χ2v) is 3.99. The van der Waals surface area contributed by atoms with Gasteiger partial charge in [-0.2, -0.15) is 5.26 Å². The molecule has 0 N–H and O–H groups in total. The van der Waals surface area contributed by atoms with E-state index in [1.807, 2.05) is 0 Å². The molecule has 0 atom stereocenters. The maximum atomic E-state index is 8.15. The molecule has 0 saturated carbocycles. The normalized spacial score (nSPS) is 3.88. The van der Waals surface area contributed by atoms with Gasteiger partial charge in [-0.1, -0.05) is 5.92 Å². The summed E-state index contributed by atoms with van der Waals surface area (Å²) in [7, 11) is 0. The molecular formula is C32H3N. The minimum atomic E-state index is 1.63. The van der Waals surface area contributed by atoms with E-state index in [9.17, 15) is 0 Å². The third kappa shape index (κ3) is 24.9. The molecule has 0 saturated heterocycles. The fraction of sp³-hybridized carbons (Fsp3) is 0.0312. The summed E-state index contributed by atoms with van der Waals surface area (Å²) in [6.07, 6.45) is 0. The van der Waals surface area contributed by atoms with Crippen LogP contribution in [0, 0.1) is 189 Å². The Morgan fingerprint density at radius 2 is 0.394 bits per heavy atom. The standard InChI is InChI=1S/C32H3N/c1-2-3-4-5-6-7-8-9-10-11-12-13-14-15-16-17-18-19-20-21-22-23-24-25-26-27-28-29-30-31-32-33/h1H3. The van der Waals surface area contributed by atoms with Gasteiger partial charge in [0, 0.05) is 124 Å². The molecule has 0 heterocycles. The van der Waals surface area contributed by atoms with Gasteiger partial charge in [-0.15, -0.1) is 0 Å². The second kappa shape index (κ2) is 24.9. The summed E-state index contributed by atoms with van der Waals surface area (Å²) < 4.78 is 0. The molecule has 0 spiro atoms. The minimum Gasteiger partial charge on any atom is -0.183 e. The van der Waals surface area contributed by atoms with Crippen LogP contribution in [0.15, 0.2) is 0 Å². The van der Waals surface area contributed by atoms with E-state index < -0.39 is 0 Å². The molecule has 0 rings (SSSR count). The average Bonchev–Trinajstić information content (AvgIpc) is 2.83. The summed E-state index contributed by atoms with van der Waals surface area (Å²) in [5.41, 5.74) is 0. The van der Waals surface area contributed by atoms with Crippen molar-refractivity contribution >= 4 is 0 Å². The molecule has 33 heavy (non-hydrogen) atoms. The zero-order valence-corrected chi connectivity index (χ0v) is 16.9. The molecule has 1 heteroatoms. The zero-order valence-electron chi connectivity index (χ0n) is 16.9. The van der Waals surface area contributed by atoms with E-state index in [0.717, 1.165) is 0 Å². The molecule has 0 aromatic carbocycles. The monoisotopic (exact) mass is 401 g/mol. The van der Waals surface area contributed by atoms with Crippen molar-refractivity contribution < 1.29 is 0 Å². The van der Waals surface area contributed by atoms with Gasteiger partial charge in [0.25, 0.3) is 0 Å². The number of nitrogens with zero attached hydrogens (tertiary/aromatic N) is 1. The van der Waals surface area contributed by atoms with Crippen LogP contribution in [-0.4, -0.2) is 0 Å². The molecule has 136 valence electrons. The van der Waals surface area contributed by atoms with E-state index in [-0.39, 0.29) is 0 Å². The molecule has 0 unspecified atom stereocenters. The van der Waals surface area contributed by atoms with Crippen molar-refractivity contribution in [2.75, 3.05) is 0 Å². The van der Waals surface area contributed by atoms with Crippen molar-refractivity contribution in [3.8, 4) is 184 Å². The Labute approximate surface area is 195 Å². The largest absolute Gasteiger partial charge is 0.183 e. The maximum Gasteiger partial charge on any atom is 0.153 e. The molecule has 0 aliphatic carbocycles. The SMILES string of the molecule is CC#CC#CC#CC#CC#CC#CC#CC#CC#CC#CC#CC#CC#CC#CC#CC#N. The van der Waals surface area contributed by atoms with Crippen LogP contribution in [0.5, 0.6) is 0 Å². The lowest BCUT2D eigenvalue weighted by Crippen LogP contribution is -1.57. The highest BCUT2D eigenvalue weighted by atomic mass is 14.2. The van der Waals surface area contributed by atoms with Crippen LogP contribution >= 0.6 is 0 Å². The van der Waals surface area contributed by atoms with Gasteiger partial charge in [-0.05, 0) is 54.3 Å². The Hall–Kier alpha value is -7.11. The second-order valence-electron chi connectivity index (χ2n) is 3.99. The molecule has 0 aliphatic rings. The Balaban J connectivity index is 4.48. The lowest BCUT2D eigenvalue weighted by Gasteiger charge is -1.57. The highest BCUT2D eigenvalue weighted by Crippen LogP contribution is 1.60. The first-order valence-electron chi connectivity index (χ1n) is 8.22. The lowest BCUT2D eigenvalue weighted by atomic mass is 10.4. The van der Waals surface area contributed by atoms with Crippen molar-refractivity contribution in [2.45, 2.75) is 6.92 Å². The van der Waals surface area contributed by atoms with Gasteiger partial charge in [0.05, 0.1) is 0 Å². The van der Waals surface area contributed by atoms with E-state index in [2.05, 4.69) is 178 Å². The van der Waals surface area contributed by atoms with E-state index in [1.54, 1.807) is 13.0 Å². The fourth-order valence-corrected chi connectivity index (χ4v) is 0.934. The van der Waals surface area contributed by atoms with Gasteiger partial charge in [-0.25, -0.2) is 0 Å². The Morgan fingerprint density at radius 3 is 0.545 bits per heavy atom. The Bertz CT molecular complexity index is 1800. The van der Waals surface area contributed by atoms with Crippen LogP contribution in [0.1, 0.15) is 6.92 Å². The van der Waals surface area contributed by atoms with Crippen LogP contribution in [0.2, 0.25) is 0 Å². The molecule has 0 bridgehead atoms. The molecular weight excluding hydrogens is 398 g/mol. The number of nitriles is 1. The molecule has 1 nitrogen and oxygen atoms in total. The summed E-state index contributed by atoms with van der Waals surface area (Å²) in [4.78, 5) is 0. The van der Waals surface area contributed by atoms with E-state index in [0.29, 0.717) is 0 Å². The number of rotatable bonds is 0. The van der Waals surface area contributed by atoms with Crippen LogP contribution in [-0.2, 0) is 0 Å². The number of hydrogen-bond acceptors (Lipinski definition) is 1. The van der Waals surface area contributed by atoms with E-state index in [1.165, 1.54) is 0 Å². The van der Waals surface area contributed by atoms with Gasteiger partial charge in [0.15, 0.2) is 6.07 Å². The van der Waals surface area contributed by atoms with Crippen molar-refractivity contribution in [3.05, 3.63) is 0 Å². The Morgan fingerprint density at radius 1 is 0.242 bits per heavy atom. The van der Waals surface area contributed by atoms with Crippen molar-refractivity contribution in [1.82, 2.24) is 0 Å². The quantitative estimate of drug-likeness (QED) is 0.545. The van der Waals surface area contributed by atoms with Gasteiger partial charge in [-0.3, -0.25) is 0 Å².